The molecule has 0 bridgehead atoms. The van der Waals surface area contributed by atoms with Gasteiger partial charge in [-0.15, -0.1) is 0 Å². The molecule has 0 fully saturated rings. The van der Waals surface area contributed by atoms with E-state index in [1.54, 1.807) is 0 Å². The zero-order valence-corrected chi connectivity index (χ0v) is 9.41. The molecule has 1 N–H and O–H groups in total. The highest BCUT2D eigenvalue weighted by Gasteiger charge is 2.10. The monoisotopic (exact) mass is 211 g/mol. The van der Waals surface area contributed by atoms with Gasteiger partial charge in [0, 0.05) is 23.7 Å². The molecular formula is C13H13N3. The largest absolute Gasteiger partial charge is 0.282 e. The molecule has 1 aromatic carbocycles. The predicted molar refractivity (Wildman–Crippen MR) is 65.7 cm³/mol. The van der Waals surface area contributed by atoms with Crippen LogP contribution in [0.15, 0.2) is 35.0 Å². The molecule has 2 heterocycles. The Morgan fingerprint density at radius 3 is 2.88 bits per heavy atom. The summed E-state index contributed by atoms with van der Waals surface area (Å²) in [6, 6.07) is 6.33. The summed E-state index contributed by atoms with van der Waals surface area (Å²) in [5.74, 6) is 0. The average molecular weight is 211 g/mol. The summed E-state index contributed by atoms with van der Waals surface area (Å²) < 4.78 is 0. The number of nitrogens with zero attached hydrogens (tertiary/aromatic N) is 2. The van der Waals surface area contributed by atoms with Crippen LogP contribution in [0.25, 0.3) is 10.9 Å². The van der Waals surface area contributed by atoms with Crippen molar-refractivity contribution in [3.05, 3.63) is 41.2 Å². The van der Waals surface area contributed by atoms with E-state index in [-0.39, 0.29) is 0 Å². The van der Waals surface area contributed by atoms with Gasteiger partial charge in [0.15, 0.2) is 0 Å². The Balaban J connectivity index is 2.07. The minimum atomic E-state index is 0.953. The number of hydrogen-bond donors (Lipinski definition) is 1. The Hall–Kier alpha value is -1.90. The van der Waals surface area contributed by atoms with Crippen LogP contribution in [0.4, 0.5) is 0 Å². The summed E-state index contributed by atoms with van der Waals surface area (Å²) in [6.45, 7) is 4.14. The molecule has 3 heteroatoms. The topological polar surface area (TPSA) is 41.0 Å². The summed E-state index contributed by atoms with van der Waals surface area (Å²) in [6.07, 6.45) is 2.89. The number of benzene rings is 1. The smallest absolute Gasteiger partial charge is 0.0930 e. The summed E-state index contributed by atoms with van der Waals surface area (Å²) in [5.41, 5.74) is 5.76. The van der Waals surface area contributed by atoms with Crippen molar-refractivity contribution in [1.29, 1.82) is 0 Å². The van der Waals surface area contributed by atoms with E-state index in [0.717, 1.165) is 23.3 Å². The molecule has 2 aromatic rings. The fourth-order valence-corrected chi connectivity index (χ4v) is 2.05. The van der Waals surface area contributed by atoms with Crippen molar-refractivity contribution < 1.29 is 0 Å². The molecule has 0 aliphatic carbocycles. The maximum absolute atomic E-state index is 4.42. The first-order valence-corrected chi connectivity index (χ1v) is 5.41. The minimum absolute atomic E-state index is 0.953. The highest BCUT2D eigenvalue weighted by molar-refractivity contribution is 6.05. The number of H-pyrrole nitrogens is 1. The third-order valence-electron chi connectivity index (χ3n) is 2.97. The first-order chi connectivity index (χ1) is 7.74. The highest BCUT2D eigenvalue weighted by Crippen LogP contribution is 2.21. The molecule has 3 rings (SSSR count). The van der Waals surface area contributed by atoms with Gasteiger partial charge in [-0.1, -0.05) is 12.1 Å². The Morgan fingerprint density at radius 2 is 2.12 bits per heavy atom. The predicted octanol–water partition coefficient (Wildman–Crippen LogP) is 2.97. The molecule has 1 aliphatic heterocycles. The molecule has 0 saturated heterocycles. The number of aromatic amines is 1. The molecule has 0 unspecified atom stereocenters. The van der Waals surface area contributed by atoms with Gasteiger partial charge < -0.3 is 0 Å². The molecule has 0 spiro atoms. The van der Waals surface area contributed by atoms with Crippen LogP contribution in [0.2, 0.25) is 0 Å². The standard InChI is InChI=1S/C13H13N3/c1-8-5-12(14-7-8)10-3-4-11-9(2)15-16-13(11)6-10/h3-4,6-7H,5H2,1-2H3,(H,15,16). The molecular weight excluding hydrogens is 198 g/mol. The third kappa shape index (κ3) is 1.36. The summed E-state index contributed by atoms with van der Waals surface area (Å²) >= 11 is 0. The number of aromatic nitrogens is 2. The van der Waals surface area contributed by atoms with Crippen molar-refractivity contribution in [3.63, 3.8) is 0 Å². The van der Waals surface area contributed by atoms with Crippen molar-refractivity contribution in [2.75, 3.05) is 0 Å². The first kappa shape index (κ1) is 9.33. The van der Waals surface area contributed by atoms with Crippen LogP contribution in [0.5, 0.6) is 0 Å². The van der Waals surface area contributed by atoms with Gasteiger partial charge in [-0.05, 0) is 31.1 Å². The van der Waals surface area contributed by atoms with Crippen LogP contribution >= 0.6 is 0 Å². The lowest BCUT2D eigenvalue weighted by atomic mass is 10.0. The first-order valence-electron chi connectivity index (χ1n) is 5.41. The van der Waals surface area contributed by atoms with Crippen molar-refractivity contribution in [1.82, 2.24) is 10.2 Å². The van der Waals surface area contributed by atoms with Gasteiger partial charge in [-0.25, -0.2) is 0 Å². The maximum Gasteiger partial charge on any atom is 0.0930 e. The third-order valence-corrected chi connectivity index (χ3v) is 2.97. The van der Waals surface area contributed by atoms with Gasteiger partial charge in [0.1, 0.15) is 0 Å². The van der Waals surface area contributed by atoms with Gasteiger partial charge in [0.25, 0.3) is 0 Å². The van der Waals surface area contributed by atoms with Crippen LogP contribution in [-0.4, -0.2) is 15.9 Å². The lowest BCUT2D eigenvalue weighted by Gasteiger charge is -2.01. The zero-order valence-electron chi connectivity index (χ0n) is 9.41. The van der Waals surface area contributed by atoms with Crippen LogP contribution in [0.1, 0.15) is 24.6 Å². The molecule has 0 amide bonds. The fourth-order valence-electron chi connectivity index (χ4n) is 2.05. The molecule has 1 aromatic heterocycles. The second kappa shape index (κ2) is 3.30. The zero-order chi connectivity index (χ0) is 11.1. The molecule has 0 atom stereocenters. The van der Waals surface area contributed by atoms with Gasteiger partial charge >= 0.3 is 0 Å². The number of rotatable bonds is 1. The Bertz CT molecular complexity index is 617. The Kier molecular flexibility index (Phi) is 1.93. The Labute approximate surface area is 93.9 Å². The quantitative estimate of drug-likeness (QED) is 0.774. The lowest BCUT2D eigenvalue weighted by molar-refractivity contribution is 1.07. The average Bonchev–Trinajstić information content (AvgIpc) is 2.86. The van der Waals surface area contributed by atoms with Crippen LogP contribution in [-0.2, 0) is 0 Å². The molecule has 0 radical (unpaired) electrons. The second-order valence-electron chi connectivity index (χ2n) is 4.31. The van der Waals surface area contributed by atoms with E-state index in [0.29, 0.717) is 0 Å². The molecule has 3 nitrogen and oxygen atoms in total. The van der Waals surface area contributed by atoms with Gasteiger partial charge in [0.2, 0.25) is 0 Å². The molecule has 1 aliphatic rings. The van der Waals surface area contributed by atoms with Crippen LogP contribution < -0.4 is 0 Å². The van der Waals surface area contributed by atoms with E-state index in [9.17, 15) is 0 Å². The van der Waals surface area contributed by atoms with E-state index in [4.69, 9.17) is 0 Å². The summed E-state index contributed by atoms with van der Waals surface area (Å²) in [7, 11) is 0. The number of fused-ring (bicyclic) bond motifs is 1. The molecule has 80 valence electrons. The fraction of sp³-hybridized carbons (Fsp3) is 0.231. The number of nitrogens with one attached hydrogen (secondary N) is 1. The van der Waals surface area contributed by atoms with Gasteiger partial charge in [-0.3, -0.25) is 10.1 Å². The Morgan fingerprint density at radius 1 is 1.25 bits per heavy atom. The van der Waals surface area contributed by atoms with E-state index < -0.39 is 0 Å². The van der Waals surface area contributed by atoms with E-state index >= 15 is 0 Å². The number of aryl methyl sites for hydroxylation is 1. The number of hydrogen-bond acceptors (Lipinski definition) is 2. The van der Waals surface area contributed by atoms with Crippen LogP contribution in [0.3, 0.4) is 0 Å². The molecule has 16 heavy (non-hydrogen) atoms. The minimum Gasteiger partial charge on any atom is -0.282 e. The summed E-state index contributed by atoms with van der Waals surface area (Å²) in [4.78, 5) is 4.42. The lowest BCUT2D eigenvalue weighted by Crippen LogP contribution is -1.97. The normalized spacial score (nSPS) is 15.4. The summed E-state index contributed by atoms with van der Waals surface area (Å²) in [5, 5.41) is 8.46. The molecule has 0 saturated carbocycles. The maximum atomic E-state index is 4.42. The van der Waals surface area contributed by atoms with Crippen LogP contribution in [0, 0.1) is 6.92 Å². The van der Waals surface area contributed by atoms with E-state index in [1.165, 1.54) is 16.5 Å². The van der Waals surface area contributed by atoms with Gasteiger partial charge in [0.05, 0.1) is 11.2 Å². The highest BCUT2D eigenvalue weighted by atomic mass is 15.1. The SMILES string of the molecule is CC1=CN=C(c2ccc3c(C)[nH]nc3c2)C1. The van der Waals surface area contributed by atoms with E-state index in [2.05, 4.69) is 40.3 Å². The second-order valence-corrected chi connectivity index (χ2v) is 4.31. The van der Waals surface area contributed by atoms with Crippen molar-refractivity contribution in [2.24, 2.45) is 4.99 Å². The van der Waals surface area contributed by atoms with Crippen molar-refractivity contribution in [3.8, 4) is 0 Å². The van der Waals surface area contributed by atoms with Crippen molar-refractivity contribution >= 4 is 16.6 Å². The van der Waals surface area contributed by atoms with Crippen molar-refractivity contribution in [2.45, 2.75) is 20.3 Å². The van der Waals surface area contributed by atoms with Gasteiger partial charge in [-0.2, -0.15) is 5.10 Å². The number of aliphatic imine (C=N–C) groups is 1. The van der Waals surface area contributed by atoms with E-state index in [1.807, 2.05) is 13.1 Å². The number of allylic oxidation sites excluding steroid dienone is 1.